The number of carboxylic acids is 1. The summed E-state index contributed by atoms with van der Waals surface area (Å²) in [7, 11) is 0. The summed E-state index contributed by atoms with van der Waals surface area (Å²) in [5.41, 5.74) is 4.06. The number of aryl methyl sites for hydroxylation is 1. The van der Waals surface area contributed by atoms with Crippen LogP contribution in [0.25, 0.3) is 22.5 Å². The van der Waals surface area contributed by atoms with Crippen molar-refractivity contribution in [3.05, 3.63) is 101 Å². The van der Waals surface area contributed by atoms with E-state index in [0.29, 0.717) is 37.0 Å². The van der Waals surface area contributed by atoms with Gasteiger partial charge < -0.3 is 9.63 Å². The Bertz CT molecular complexity index is 1420. The molecule has 196 valence electrons. The van der Waals surface area contributed by atoms with E-state index >= 15 is 0 Å². The molecule has 1 atom stereocenters. The van der Waals surface area contributed by atoms with Gasteiger partial charge in [-0.25, -0.2) is 0 Å². The molecule has 4 aromatic rings. The number of hydrogen-bond acceptors (Lipinski definition) is 3. The van der Waals surface area contributed by atoms with Crippen LogP contribution in [0.4, 0.5) is 13.2 Å². The molecule has 38 heavy (non-hydrogen) atoms. The summed E-state index contributed by atoms with van der Waals surface area (Å²) >= 11 is 0. The van der Waals surface area contributed by atoms with E-state index in [1.54, 1.807) is 12.3 Å². The van der Waals surface area contributed by atoms with Gasteiger partial charge in [-0.3, -0.25) is 4.79 Å². The summed E-state index contributed by atoms with van der Waals surface area (Å²) in [6.45, 7) is 2.08. The monoisotopic (exact) mass is 519 g/mol. The topological polar surface area (TPSA) is 63.3 Å². The van der Waals surface area contributed by atoms with Crippen LogP contribution in [-0.4, -0.2) is 16.2 Å². The Morgan fingerprint density at radius 3 is 2.24 bits per heavy atom. The number of benzene rings is 3. The lowest BCUT2D eigenvalue weighted by Crippen LogP contribution is -2.19. The smallest absolute Gasteiger partial charge is 0.416 e. The zero-order valence-corrected chi connectivity index (χ0v) is 21.0. The second kappa shape index (κ2) is 10.1. The Balaban J connectivity index is 1.23. The molecular formula is C31H28F3NO3. The van der Waals surface area contributed by atoms with Gasteiger partial charge in [-0.15, -0.1) is 0 Å². The summed E-state index contributed by atoms with van der Waals surface area (Å²) in [5, 5.41) is 13.5. The first kappa shape index (κ1) is 25.8. The average Bonchev–Trinajstić information content (AvgIpc) is 3.61. The van der Waals surface area contributed by atoms with E-state index in [-0.39, 0.29) is 5.92 Å². The molecule has 1 aliphatic rings. The van der Waals surface area contributed by atoms with Gasteiger partial charge in [0.1, 0.15) is 0 Å². The third-order valence-corrected chi connectivity index (χ3v) is 7.47. The fourth-order valence-corrected chi connectivity index (χ4v) is 4.98. The van der Waals surface area contributed by atoms with Gasteiger partial charge >= 0.3 is 12.1 Å². The van der Waals surface area contributed by atoms with E-state index in [4.69, 9.17) is 4.52 Å². The Hall–Kier alpha value is -3.87. The summed E-state index contributed by atoms with van der Waals surface area (Å²) in [6.07, 6.45) is 0.735. The van der Waals surface area contributed by atoms with E-state index in [9.17, 15) is 23.1 Å². The SMILES string of the molecule is CC(CCc1cccc(C(F)(F)F)c1)Cc1cnoc1-c1ccc(-c2ccc(C3(C(=O)O)CC3)cc2)cc1. The van der Waals surface area contributed by atoms with Gasteiger partial charge in [-0.2, -0.15) is 13.2 Å². The maximum atomic E-state index is 13.0. The van der Waals surface area contributed by atoms with Crippen LogP contribution in [0.15, 0.2) is 83.5 Å². The van der Waals surface area contributed by atoms with E-state index in [0.717, 1.165) is 40.3 Å². The highest BCUT2D eigenvalue weighted by Crippen LogP contribution is 2.48. The van der Waals surface area contributed by atoms with Crippen LogP contribution in [0.5, 0.6) is 0 Å². The van der Waals surface area contributed by atoms with Crippen molar-refractivity contribution in [3.8, 4) is 22.5 Å². The summed E-state index contributed by atoms with van der Waals surface area (Å²) in [5.74, 6) is 0.151. The van der Waals surface area contributed by atoms with E-state index < -0.39 is 23.1 Å². The molecule has 7 heteroatoms. The number of hydrogen-bond donors (Lipinski definition) is 1. The predicted octanol–water partition coefficient (Wildman–Crippen LogP) is 7.96. The normalized spacial score (nSPS) is 15.3. The summed E-state index contributed by atoms with van der Waals surface area (Å²) in [6, 6.07) is 21.2. The molecule has 3 aromatic carbocycles. The predicted molar refractivity (Wildman–Crippen MR) is 139 cm³/mol. The Kier molecular flexibility index (Phi) is 6.86. The number of nitrogens with zero attached hydrogens (tertiary/aromatic N) is 1. The average molecular weight is 520 g/mol. The van der Waals surface area contributed by atoms with E-state index in [1.807, 2.05) is 48.5 Å². The molecule has 1 aromatic heterocycles. The van der Waals surface area contributed by atoms with Crippen LogP contribution in [-0.2, 0) is 29.2 Å². The van der Waals surface area contributed by atoms with Crippen molar-refractivity contribution in [1.29, 1.82) is 0 Å². The third-order valence-electron chi connectivity index (χ3n) is 7.47. The first-order valence-corrected chi connectivity index (χ1v) is 12.7. The van der Waals surface area contributed by atoms with Gasteiger partial charge in [0, 0.05) is 11.1 Å². The van der Waals surface area contributed by atoms with Crippen molar-refractivity contribution in [1.82, 2.24) is 5.16 Å². The lowest BCUT2D eigenvalue weighted by Gasteiger charge is -2.13. The molecule has 5 rings (SSSR count). The number of aliphatic carboxylic acids is 1. The lowest BCUT2D eigenvalue weighted by atomic mass is 9.92. The highest BCUT2D eigenvalue weighted by atomic mass is 19.4. The highest BCUT2D eigenvalue weighted by Gasteiger charge is 2.51. The minimum absolute atomic E-state index is 0.223. The number of carbonyl (C=O) groups is 1. The molecule has 4 nitrogen and oxygen atoms in total. The number of carboxylic acid groups (broad SMARTS) is 1. The third kappa shape index (κ3) is 5.37. The lowest BCUT2D eigenvalue weighted by molar-refractivity contribution is -0.140. The van der Waals surface area contributed by atoms with Crippen molar-refractivity contribution >= 4 is 5.97 Å². The summed E-state index contributed by atoms with van der Waals surface area (Å²) < 4.78 is 44.6. The molecule has 1 aliphatic carbocycles. The van der Waals surface area contributed by atoms with Gasteiger partial charge in [0.25, 0.3) is 0 Å². The van der Waals surface area contributed by atoms with Crippen LogP contribution in [0.1, 0.15) is 48.4 Å². The van der Waals surface area contributed by atoms with Crippen LogP contribution >= 0.6 is 0 Å². The molecule has 1 heterocycles. The molecule has 0 saturated heterocycles. The molecular weight excluding hydrogens is 491 g/mol. The zero-order valence-electron chi connectivity index (χ0n) is 21.0. The summed E-state index contributed by atoms with van der Waals surface area (Å²) in [4.78, 5) is 11.6. The molecule has 1 fully saturated rings. The minimum atomic E-state index is -4.34. The Labute approximate surface area is 219 Å². The molecule has 0 aliphatic heterocycles. The van der Waals surface area contributed by atoms with Crippen LogP contribution < -0.4 is 0 Å². The number of halogens is 3. The molecule has 0 bridgehead atoms. The van der Waals surface area contributed by atoms with Crippen molar-refractivity contribution in [2.24, 2.45) is 5.92 Å². The fourth-order valence-electron chi connectivity index (χ4n) is 4.98. The van der Waals surface area contributed by atoms with Gasteiger partial charge in [0.2, 0.25) is 0 Å². The van der Waals surface area contributed by atoms with Crippen LogP contribution in [0.2, 0.25) is 0 Å². The molecule has 1 unspecified atom stereocenters. The van der Waals surface area contributed by atoms with Crippen molar-refractivity contribution in [2.45, 2.75) is 50.6 Å². The zero-order chi connectivity index (χ0) is 26.9. The maximum absolute atomic E-state index is 13.0. The molecule has 1 N–H and O–H groups in total. The minimum Gasteiger partial charge on any atom is -0.481 e. The van der Waals surface area contributed by atoms with Crippen molar-refractivity contribution < 1.29 is 27.6 Å². The number of alkyl halides is 3. The van der Waals surface area contributed by atoms with Crippen LogP contribution in [0.3, 0.4) is 0 Å². The largest absolute Gasteiger partial charge is 0.481 e. The van der Waals surface area contributed by atoms with Gasteiger partial charge in [-0.05, 0) is 66.3 Å². The van der Waals surface area contributed by atoms with Gasteiger partial charge in [0.15, 0.2) is 5.76 Å². The first-order valence-electron chi connectivity index (χ1n) is 12.7. The second-order valence-electron chi connectivity index (χ2n) is 10.3. The molecule has 1 saturated carbocycles. The van der Waals surface area contributed by atoms with E-state index in [1.165, 1.54) is 12.1 Å². The molecule has 0 spiro atoms. The Morgan fingerprint density at radius 2 is 1.63 bits per heavy atom. The fraction of sp³-hybridized carbons (Fsp3) is 0.290. The van der Waals surface area contributed by atoms with Crippen molar-refractivity contribution in [3.63, 3.8) is 0 Å². The standard InChI is InChI=1S/C31H28F3NO3/c1-20(5-6-21-3-2-4-27(18-21)31(32,33)34)17-25-19-35-38-28(25)24-9-7-22(8-10-24)23-11-13-26(14-12-23)30(15-16-30)29(36)37/h2-4,7-14,18-20H,5-6,15-17H2,1H3,(H,36,37). The quantitative estimate of drug-likeness (QED) is 0.244. The van der Waals surface area contributed by atoms with E-state index in [2.05, 4.69) is 12.1 Å². The Morgan fingerprint density at radius 1 is 1.00 bits per heavy atom. The van der Waals surface area contributed by atoms with Crippen LogP contribution in [0, 0.1) is 5.92 Å². The number of aromatic nitrogens is 1. The maximum Gasteiger partial charge on any atom is 0.416 e. The second-order valence-corrected chi connectivity index (χ2v) is 10.3. The van der Waals surface area contributed by atoms with Gasteiger partial charge in [-0.1, -0.05) is 78.8 Å². The number of rotatable bonds is 9. The first-order chi connectivity index (χ1) is 18.2. The molecule has 0 radical (unpaired) electrons. The van der Waals surface area contributed by atoms with Gasteiger partial charge in [0.05, 0.1) is 17.2 Å². The molecule has 0 amide bonds. The highest BCUT2D eigenvalue weighted by molar-refractivity contribution is 5.85. The van der Waals surface area contributed by atoms with Crippen molar-refractivity contribution in [2.75, 3.05) is 0 Å².